The number of allylic oxidation sites excluding steroid dienone is 3. The Hall–Kier alpha value is -2.78. The second-order valence-electron chi connectivity index (χ2n) is 10.8. The molecule has 2 spiro atoms. The first-order valence-electron chi connectivity index (χ1n) is 12.5. The third-order valence-corrected chi connectivity index (χ3v) is 8.96. The Morgan fingerprint density at radius 1 is 0.972 bits per heavy atom. The van der Waals surface area contributed by atoms with E-state index >= 15 is 0 Å². The van der Waals surface area contributed by atoms with Crippen LogP contribution in [0.25, 0.3) is 0 Å². The van der Waals surface area contributed by atoms with Crippen LogP contribution >= 0.6 is 0 Å². The van der Waals surface area contributed by atoms with Crippen LogP contribution in [0.4, 0.5) is 0 Å². The number of carbonyl (C=O) groups is 4. The standard InChI is InChI=1S/C27H32O9/c1-16-8-10-26-14-33-24(31)23(30)17(2)9-11-32-21(28)6-4-5-7-22(29)36-18-13-20(35-19(26)12-16)27(15-34-27)25(18,26)3/h4-7,12,17-20H,8-11,13-15H2,1-3H3. The van der Waals surface area contributed by atoms with E-state index in [1.54, 1.807) is 6.92 Å². The van der Waals surface area contributed by atoms with Crippen molar-refractivity contribution in [3.63, 3.8) is 0 Å². The van der Waals surface area contributed by atoms with Crippen LogP contribution in [0.2, 0.25) is 0 Å². The van der Waals surface area contributed by atoms with E-state index in [0.29, 0.717) is 19.4 Å². The average Bonchev–Trinajstić information content (AvgIpc) is 3.62. The number of ether oxygens (including phenoxy) is 5. The highest BCUT2D eigenvalue weighted by Gasteiger charge is 2.83. The zero-order valence-electron chi connectivity index (χ0n) is 20.8. The smallest absolute Gasteiger partial charge is 0.374 e. The Bertz CT molecular complexity index is 1070. The Morgan fingerprint density at radius 3 is 2.42 bits per heavy atom. The minimum atomic E-state index is -0.930. The fourth-order valence-corrected chi connectivity index (χ4v) is 6.56. The first-order valence-corrected chi connectivity index (χ1v) is 12.5. The third kappa shape index (κ3) is 3.75. The molecule has 0 aromatic rings. The molecule has 5 aliphatic rings. The Labute approximate surface area is 209 Å². The van der Waals surface area contributed by atoms with Crippen LogP contribution in [0.15, 0.2) is 36.0 Å². The van der Waals surface area contributed by atoms with Crippen molar-refractivity contribution in [1.82, 2.24) is 0 Å². The molecule has 0 aromatic carbocycles. The van der Waals surface area contributed by atoms with Gasteiger partial charge < -0.3 is 23.7 Å². The topological polar surface area (TPSA) is 118 Å². The second-order valence-corrected chi connectivity index (χ2v) is 10.8. The Balaban J connectivity index is 1.53. The molecular formula is C27H32O9. The number of rotatable bonds is 0. The minimum Gasteiger partial charge on any atom is -0.463 e. The first kappa shape index (κ1) is 24.9. The van der Waals surface area contributed by atoms with Crippen LogP contribution in [0.5, 0.6) is 0 Å². The maximum absolute atomic E-state index is 12.8. The third-order valence-electron chi connectivity index (χ3n) is 8.96. The summed E-state index contributed by atoms with van der Waals surface area (Å²) in [5.41, 5.74) is -0.931. The largest absolute Gasteiger partial charge is 0.463 e. The molecule has 9 nitrogen and oxygen atoms in total. The van der Waals surface area contributed by atoms with Crippen molar-refractivity contribution in [1.29, 1.82) is 0 Å². The predicted octanol–water partition coefficient (Wildman–Crippen LogP) is 2.38. The van der Waals surface area contributed by atoms with Crippen molar-refractivity contribution in [2.24, 2.45) is 16.7 Å². The second kappa shape index (κ2) is 8.95. The predicted molar refractivity (Wildman–Crippen MR) is 124 cm³/mol. The molecule has 2 saturated heterocycles. The molecule has 0 radical (unpaired) electrons. The first-order chi connectivity index (χ1) is 17.1. The number of hydrogen-bond donors (Lipinski definition) is 0. The quantitative estimate of drug-likeness (QED) is 0.162. The zero-order chi connectivity index (χ0) is 25.7. The van der Waals surface area contributed by atoms with Crippen LogP contribution in [-0.4, -0.2) is 67.4 Å². The average molecular weight is 501 g/mol. The van der Waals surface area contributed by atoms with Gasteiger partial charge in [-0.15, -0.1) is 0 Å². The summed E-state index contributed by atoms with van der Waals surface area (Å²) in [6, 6.07) is 0. The molecule has 2 bridgehead atoms. The molecule has 3 aliphatic heterocycles. The van der Waals surface area contributed by atoms with Crippen LogP contribution in [-0.2, 0) is 42.9 Å². The number of carbonyl (C=O) groups excluding carboxylic acids is 4. The van der Waals surface area contributed by atoms with Crippen molar-refractivity contribution in [2.45, 2.75) is 70.4 Å². The van der Waals surface area contributed by atoms with Gasteiger partial charge in [-0.3, -0.25) is 4.79 Å². The summed E-state index contributed by atoms with van der Waals surface area (Å²) in [6.07, 6.45) is 8.16. The van der Waals surface area contributed by atoms with Gasteiger partial charge in [-0.25, -0.2) is 14.4 Å². The lowest BCUT2D eigenvalue weighted by Gasteiger charge is -2.58. The highest BCUT2D eigenvalue weighted by Crippen LogP contribution is 2.72. The summed E-state index contributed by atoms with van der Waals surface area (Å²) in [6.45, 7) is 6.06. The SMILES string of the molecule is CC1=CC2OC3CC4OC(=O)C=CC=CC(=O)OCCC(C)C(=O)C(=O)OCC2(CC1)C4(C)C31CO1. The number of epoxide rings is 1. The fraction of sp³-hybridized carbons (Fsp3) is 0.630. The number of esters is 3. The van der Waals surface area contributed by atoms with Gasteiger partial charge in [0.2, 0.25) is 5.78 Å². The number of cyclic esters (lactones) is 2. The van der Waals surface area contributed by atoms with E-state index in [1.165, 1.54) is 29.9 Å². The maximum Gasteiger partial charge on any atom is 0.374 e. The van der Waals surface area contributed by atoms with Crippen molar-refractivity contribution in [3.8, 4) is 0 Å². The summed E-state index contributed by atoms with van der Waals surface area (Å²) in [7, 11) is 0. The molecule has 7 unspecified atom stereocenters. The van der Waals surface area contributed by atoms with E-state index in [0.717, 1.165) is 6.42 Å². The summed E-state index contributed by atoms with van der Waals surface area (Å²) < 4.78 is 29.4. The van der Waals surface area contributed by atoms with Gasteiger partial charge in [0.1, 0.15) is 18.3 Å². The molecule has 2 aliphatic carbocycles. The van der Waals surface area contributed by atoms with Gasteiger partial charge >= 0.3 is 17.9 Å². The molecule has 3 fully saturated rings. The van der Waals surface area contributed by atoms with E-state index in [-0.39, 0.29) is 31.8 Å². The van der Waals surface area contributed by atoms with Gasteiger partial charge in [-0.2, -0.15) is 0 Å². The van der Waals surface area contributed by atoms with Crippen LogP contribution < -0.4 is 0 Å². The van der Waals surface area contributed by atoms with Gasteiger partial charge in [0, 0.05) is 29.9 Å². The molecule has 0 N–H and O–H groups in total. The van der Waals surface area contributed by atoms with Crippen molar-refractivity contribution in [3.05, 3.63) is 36.0 Å². The van der Waals surface area contributed by atoms with Crippen LogP contribution in [0, 0.1) is 16.7 Å². The van der Waals surface area contributed by atoms with E-state index in [2.05, 4.69) is 6.08 Å². The molecule has 0 aromatic heterocycles. The fourth-order valence-electron chi connectivity index (χ4n) is 6.56. The van der Waals surface area contributed by atoms with Crippen LogP contribution in [0.3, 0.4) is 0 Å². The normalized spacial score (nSPS) is 43.0. The lowest BCUT2D eigenvalue weighted by molar-refractivity contribution is -0.232. The molecule has 3 heterocycles. The summed E-state index contributed by atoms with van der Waals surface area (Å²) in [4.78, 5) is 50.2. The molecule has 1 saturated carbocycles. The molecule has 0 amide bonds. The molecule has 194 valence electrons. The summed E-state index contributed by atoms with van der Waals surface area (Å²) in [5, 5.41) is 0. The number of hydrogen-bond acceptors (Lipinski definition) is 9. The molecular weight excluding hydrogens is 468 g/mol. The van der Waals surface area contributed by atoms with Gasteiger partial charge in [0.15, 0.2) is 0 Å². The molecule has 7 atom stereocenters. The van der Waals surface area contributed by atoms with Crippen molar-refractivity contribution >= 4 is 23.7 Å². The lowest BCUT2D eigenvalue weighted by atomic mass is 9.51. The van der Waals surface area contributed by atoms with Gasteiger partial charge in [0.05, 0.1) is 30.8 Å². The Morgan fingerprint density at radius 2 is 1.69 bits per heavy atom. The monoisotopic (exact) mass is 500 g/mol. The van der Waals surface area contributed by atoms with Gasteiger partial charge in [-0.05, 0) is 26.2 Å². The van der Waals surface area contributed by atoms with E-state index in [1.807, 2.05) is 13.8 Å². The molecule has 5 rings (SSSR count). The lowest BCUT2D eigenvalue weighted by Crippen LogP contribution is -2.66. The van der Waals surface area contributed by atoms with Gasteiger partial charge in [0.25, 0.3) is 0 Å². The van der Waals surface area contributed by atoms with Crippen molar-refractivity contribution in [2.75, 3.05) is 19.8 Å². The van der Waals surface area contributed by atoms with Gasteiger partial charge in [-0.1, -0.05) is 37.6 Å². The zero-order valence-corrected chi connectivity index (χ0v) is 20.8. The van der Waals surface area contributed by atoms with Crippen molar-refractivity contribution < 1.29 is 42.9 Å². The number of Topliss-reactive ketones (excluding diaryl/α,β-unsaturated/α-hetero) is 1. The number of ketones is 1. The van der Waals surface area contributed by atoms with E-state index in [4.69, 9.17) is 23.7 Å². The van der Waals surface area contributed by atoms with Crippen LogP contribution in [0.1, 0.15) is 46.5 Å². The molecule has 9 heteroatoms. The maximum atomic E-state index is 12.8. The highest BCUT2D eigenvalue weighted by atomic mass is 16.6. The molecule has 36 heavy (non-hydrogen) atoms. The highest BCUT2D eigenvalue weighted by molar-refractivity contribution is 6.34. The summed E-state index contributed by atoms with van der Waals surface area (Å²) >= 11 is 0. The minimum absolute atomic E-state index is 0.0277. The van der Waals surface area contributed by atoms with E-state index < -0.39 is 52.1 Å². The van der Waals surface area contributed by atoms with E-state index in [9.17, 15) is 19.2 Å². The Kier molecular flexibility index (Phi) is 6.19. The summed E-state index contributed by atoms with van der Waals surface area (Å²) in [5.74, 6) is -3.45.